The Bertz CT molecular complexity index is 1140. The number of hydrogen-bond acceptors (Lipinski definition) is 6. The molecule has 0 bridgehead atoms. The van der Waals surface area contributed by atoms with E-state index in [1.54, 1.807) is 6.07 Å². The van der Waals surface area contributed by atoms with Crippen molar-refractivity contribution >= 4 is 17.5 Å². The van der Waals surface area contributed by atoms with Crippen molar-refractivity contribution in [3.05, 3.63) is 76.1 Å². The maximum absolute atomic E-state index is 12.7. The zero-order valence-electron chi connectivity index (χ0n) is 19.0. The molecule has 2 heterocycles. The number of aromatic nitrogens is 1. The molecule has 3 aromatic rings. The molecule has 1 aliphatic heterocycles. The van der Waals surface area contributed by atoms with Crippen LogP contribution in [0.2, 0.25) is 5.02 Å². The maximum atomic E-state index is 12.7. The molecule has 2 aliphatic rings. The first-order valence-corrected chi connectivity index (χ1v) is 12.1. The van der Waals surface area contributed by atoms with Crippen molar-refractivity contribution in [2.45, 2.75) is 57.8 Å². The fourth-order valence-corrected chi connectivity index (χ4v) is 4.86. The third-order valence-electron chi connectivity index (χ3n) is 6.41. The van der Waals surface area contributed by atoms with Crippen molar-refractivity contribution in [2.24, 2.45) is 0 Å². The number of benzene rings is 2. The normalized spacial score (nSPS) is 15.6. The van der Waals surface area contributed by atoms with E-state index < -0.39 is 0 Å². The molecule has 1 aliphatic carbocycles. The van der Waals surface area contributed by atoms with Gasteiger partial charge in [-0.15, -0.1) is 0 Å². The number of fused-ring (bicyclic) bond motifs is 1. The van der Waals surface area contributed by atoms with Crippen molar-refractivity contribution in [3.63, 3.8) is 0 Å². The van der Waals surface area contributed by atoms with Gasteiger partial charge in [-0.2, -0.15) is 0 Å². The van der Waals surface area contributed by atoms with Gasteiger partial charge in [-0.05, 0) is 48.2 Å². The van der Waals surface area contributed by atoms with Crippen LogP contribution in [0.25, 0.3) is 0 Å². The van der Waals surface area contributed by atoms with Gasteiger partial charge in [0.2, 0.25) is 6.79 Å². The first kappa shape index (κ1) is 22.7. The van der Waals surface area contributed by atoms with Gasteiger partial charge in [-0.1, -0.05) is 54.2 Å². The molecule has 1 N–H and O–H groups in total. The Kier molecular flexibility index (Phi) is 7.02. The highest BCUT2D eigenvalue weighted by Gasteiger charge is 2.24. The molecule has 0 saturated heterocycles. The van der Waals surface area contributed by atoms with Crippen LogP contribution in [-0.2, 0) is 19.6 Å². The minimum atomic E-state index is -0.272. The predicted molar refractivity (Wildman–Crippen MR) is 128 cm³/mol. The first-order chi connectivity index (χ1) is 16.6. The third kappa shape index (κ3) is 5.54. The van der Waals surface area contributed by atoms with Crippen molar-refractivity contribution in [2.75, 3.05) is 6.79 Å². The summed E-state index contributed by atoms with van der Waals surface area (Å²) < 4.78 is 16.3. The summed E-state index contributed by atoms with van der Waals surface area (Å²) in [5.74, 6) is 1.82. The van der Waals surface area contributed by atoms with E-state index in [0.29, 0.717) is 30.6 Å². The molecule has 2 aromatic carbocycles. The lowest BCUT2D eigenvalue weighted by molar-refractivity contribution is 0.0941. The monoisotopic (exact) mass is 481 g/mol. The Hall–Kier alpha value is -3.03. The van der Waals surface area contributed by atoms with Crippen LogP contribution in [0.3, 0.4) is 0 Å². The third-order valence-corrected chi connectivity index (χ3v) is 6.64. The van der Waals surface area contributed by atoms with E-state index in [1.165, 1.54) is 24.8 Å². The molecule has 0 radical (unpaired) electrons. The molecule has 0 atom stereocenters. The lowest BCUT2D eigenvalue weighted by atomic mass is 9.93. The molecule has 1 saturated carbocycles. The SMILES string of the molecule is O=C(NCc1ccc2c(c1)OCO2)c1cc(CN(Cc2cccc(Cl)c2)C2CCCCC2)on1. The number of nitrogens with zero attached hydrogens (tertiary/aromatic N) is 2. The summed E-state index contributed by atoms with van der Waals surface area (Å²) in [4.78, 5) is 15.1. The number of carbonyl (C=O) groups excluding carboxylic acids is 1. The second-order valence-electron chi connectivity index (χ2n) is 8.88. The molecular formula is C26H28ClN3O4. The van der Waals surface area contributed by atoms with Crippen LogP contribution < -0.4 is 14.8 Å². The molecule has 0 spiro atoms. The summed E-state index contributed by atoms with van der Waals surface area (Å²) in [5.41, 5.74) is 2.37. The average molecular weight is 482 g/mol. The zero-order chi connectivity index (χ0) is 23.3. The van der Waals surface area contributed by atoms with Gasteiger partial charge in [0.1, 0.15) is 0 Å². The highest BCUT2D eigenvalue weighted by atomic mass is 35.5. The number of rotatable bonds is 8. The number of halogens is 1. The molecular weight excluding hydrogens is 454 g/mol. The quantitative estimate of drug-likeness (QED) is 0.469. The summed E-state index contributed by atoms with van der Waals surface area (Å²) in [6, 6.07) is 15.8. The van der Waals surface area contributed by atoms with Crippen LogP contribution in [0.15, 0.2) is 53.1 Å². The molecule has 7 nitrogen and oxygen atoms in total. The Morgan fingerprint density at radius 3 is 2.71 bits per heavy atom. The fraction of sp³-hybridized carbons (Fsp3) is 0.385. The fourth-order valence-electron chi connectivity index (χ4n) is 4.65. The molecule has 178 valence electrons. The molecule has 1 amide bonds. The van der Waals surface area contributed by atoms with Gasteiger partial charge in [0.15, 0.2) is 23.0 Å². The standard InChI is InChI=1S/C26H28ClN3O4/c27-20-6-4-5-19(11-20)15-30(21-7-2-1-3-8-21)16-22-13-23(29-34-22)26(31)28-14-18-9-10-24-25(12-18)33-17-32-24/h4-6,9-13,21H,1-3,7-8,14-17H2,(H,28,31). The smallest absolute Gasteiger partial charge is 0.273 e. The van der Waals surface area contributed by atoms with E-state index >= 15 is 0 Å². The van der Waals surface area contributed by atoms with Gasteiger partial charge < -0.3 is 19.3 Å². The van der Waals surface area contributed by atoms with Crippen LogP contribution >= 0.6 is 11.6 Å². The Labute approximate surface area is 204 Å². The highest BCUT2D eigenvalue weighted by molar-refractivity contribution is 6.30. The largest absolute Gasteiger partial charge is 0.454 e. The number of nitrogens with one attached hydrogen (secondary N) is 1. The van der Waals surface area contributed by atoms with Crippen LogP contribution in [0, 0.1) is 0 Å². The van der Waals surface area contributed by atoms with E-state index in [2.05, 4.69) is 21.4 Å². The van der Waals surface area contributed by atoms with E-state index in [1.807, 2.05) is 36.4 Å². The number of hydrogen-bond donors (Lipinski definition) is 1. The minimum Gasteiger partial charge on any atom is -0.454 e. The van der Waals surface area contributed by atoms with Gasteiger partial charge in [0.05, 0.1) is 6.54 Å². The molecule has 8 heteroatoms. The lowest BCUT2D eigenvalue weighted by Crippen LogP contribution is -2.35. The minimum absolute atomic E-state index is 0.224. The lowest BCUT2D eigenvalue weighted by Gasteiger charge is -2.33. The van der Waals surface area contributed by atoms with Crippen LogP contribution in [0.5, 0.6) is 11.5 Å². The summed E-state index contributed by atoms with van der Waals surface area (Å²) in [7, 11) is 0. The first-order valence-electron chi connectivity index (χ1n) is 11.7. The number of amides is 1. The topological polar surface area (TPSA) is 76.8 Å². The zero-order valence-corrected chi connectivity index (χ0v) is 19.7. The van der Waals surface area contributed by atoms with Gasteiger partial charge in [0, 0.05) is 30.2 Å². The van der Waals surface area contributed by atoms with Crippen LogP contribution in [0.1, 0.15) is 59.5 Å². The second kappa shape index (κ2) is 10.5. The molecule has 5 rings (SSSR count). The van der Waals surface area contributed by atoms with Crippen molar-refractivity contribution in [3.8, 4) is 11.5 Å². The van der Waals surface area contributed by atoms with Crippen molar-refractivity contribution in [1.29, 1.82) is 0 Å². The molecule has 34 heavy (non-hydrogen) atoms. The Morgan fingerprint density at radius 2 is 1.85 bits per heavy atom. The average Bonchev–Trinajstić information content (AvgIpc) is 3.52. The summed E-state index contributed by atoms with van der Waals surface area (Å²) in [6.45, 7) is 1.96. The second-order valence-corrected chi connectivity index (χ2v) is 9.31. The molecule has 1 fully saturated rings. The van der Waals surface area contributed by atoms with Crippen LogP contribution in [-0.4, -0.2) is 28.8 Å². The summed E-state index contributed by atoms with van der Waals surface area (Å²) >= 11 is 6.21. The van der Waals surface area contributed by atoms with Gasteiger partial charge >= 0.3 is 0 Å². The van der Waals surface area contributed by atoms with E-state index in [-0.39, 0.29) is 18.4 Å². The van der Waals surface area contributed by atoms with Gasteiger partial charge in [-0.25, -0.2) is 0 Å². The van der Waals surface area contributed by atoms with Crippen molar-refractivity contribution in [1.82, 2.24) is 15.4 Å². The maximum Gasteiger partial charge on any atom is 0.273 e. The van der Waals surface area contributed by atoms with Gasteiger partial charge in [-0.3, -0.25) is 9.69 Å². The van der Waals surface area contributed by atoms with E-state index in [9.17, 15) is 4.79 Å². The van der Waals surface area contributed by atoms with Crippen molar-refractivity contribution < 1.29 is 18.8 Å². The van der Waals surface area contributed by atoms with E-state index in [4.69, 9.17) is 25.6 Å². The Morgan fingerprint density at radius 1 is 1.00 bits per heavy atom. The molecule has 0 unspecified atom stereocenters. The summed E-state index contributed by atoms with van der Waals surface area (Å²) in [5, 5.41) is 7.66. The summed E-state index contributed by atoms with van der Waals surface area (Å²) in [6.07, 6.45) is 6.09. The Balaban J connectivity index is 1.22. The predicted octanol–water partition coefficient (Wildman–Crippen LogP) is 5.32. The number of ether oxygens (including phenoxy) is 2. The van der Waals surface area contributed by atoms with Gasteiger partial charge in [0.25, 0.3) is 5.91 Å². The van der Waals surface area contributed by atoms with Crippen LogP contribution in [0.4, 0.5) is 0 Å². The number of carbonyl (C=O) groups is 1. The van der Waals surface area contributed by atoms with E-state index in [0.717, 1.165) is 35.7 Å². The highest BCUT2D eigenvalue weighted by Crippen LogP contribution is 2.32. The molecule has 1 aromatic heterocycles.